The summed E-state index contributed by atoms with van der Waals surface area (Å²) in [6, 6.07) is 18.0. The van der Waals surface area contributed by atoms with Crippen LogP contribution in [0.15, 0.2) is 54.1 Å². The maximum Gasteiger partial charge on any atom is 0.119 e. The second kappa shape index (κ2) is 15.9. The average molecular weight is 643 g/mol. The van der Waals surface area contributed by atoms with Gasteiger partial charge in [0.05, 0.1) is 25.4 Å². The Labute approximate surface area is 283 Å². The summed E-state index contributed by atoms with van der Waals surface area (Å²) in [6.07, 6.45) is 16.3. The Bertz CT molecular complexity index is 1190. The van der Waals surface area contributed by atoms with Crippen LogP contribution in [0, 0.1) is 23.7 Å². The molecule has 6 heteroatoms. The van der Waals surface area contributed by atoms with Gasteiger partial charge in [-0.1, -0.05) is 55.5 Å². The number of aliphatic hydroxyl groups is 2. The normalized spacial score (nSPS) is 26.0. The molecule has 2 aromatic rings. The maximum atomic E-state index is 9.43. The minimum Gasteiger partial charge on any atom is -0.494 e. The summed E-state index contributed by atoms with van der Waals surface area (Å²) in [5.41, 5.74) is 5.87. The molecular weight excluding hydrogens is 584 g/mol. The molecule has 0 spiro atoms. The van der Waals surface area contributed by atoms with Crippen molar-refractivity contribution in [3.8, 4) is 11.5 Å². The number of aliphatic hydroxyl groups excluding tert-OH is 2. The number of benzene rings is 2. The van der Waals surface area contributed by atoms with Crippen molar-refractivity contribution >= 4 is 5.57 Å². The quantitative estimate of drug-likeness (QED) is 0.168. The number of rotatable bonds is 18. The van der Waals surface area contributed by atoms with E-state index in [9.17, 15) is 10.2 Å². The number of allylic oxidation sites excluding steroid dienone is 1. The van der Waals surface area contributed by atoms with Crippen LogP contribution in [0.2, 0.25) is 0 Å². The predicted octanol–water partition coefficient (Wildman–Crippen LogP) is 7.18. The molecule has 2 N–H and O–H groups in total. The average Bonchev–Trinajstić information content (AvgIpc) is 3.04. The lowest BCUT2D eigenvalue weighted by Gasteiger charge is -2.52. The van der Waals surface area contributed by atoms with Crippen LogP contribution < -0.4 is 9.47 Å². The van der Waals surface area contributed by atoms with Crippen molar-refractivity contribution in [2.45, 2.75) is 95.7 Å². The van der Waals surface area contributed by atoms with Crippen molar-refractivity contribution in [2.75, 3.05) is 52.5 Å². The van der Waals surface area contributed by atoms with Gasteiger partial charge < -0.3 is 19.7 Å². The predicted molar refractivity (Wildman–Crippen MR) is 189 cm³/mol. The molecule has 2 aliphatic heterocycles. The van der Waals surface area contributed by atoms with Crippen molar-refractivity contribution in [3.05, 3.63) is 65.2 Å². The Hall–Kier alpha value is -2.38. The molecule has 0 amide bonds. The van der Waals surface area contributed by atoms with Gasteiger partial charge in [-0.25, -0.2) is 0 Å². The van der Waals surface area contributed by atoms with Gasteiger partial charge in [-0.15, -0.1) is 0 Å². The van der Waals surface area contributed by atoms with E-state index in [1.807, 2.05) is 0 Å². The van der Waals surface area contributed by atoms with Crippen LogP contribution in [0.1, 0.15) is 94.6 Å². The lowest BCUT2D eigenvalue weighted by molar-refractivity contribution is 0.00126. The van der Waals surface area contributed by atoms with Gasteiger partial charge in [0.15, 0.2) is 0 Å². The van der Waals surface area contributed by atoms with Crippen LogP contribution in [0.5, 0.6) is 11.5 Å². The standard InChI is InChI=1S/C41H58N2O4/c44-36-26-42(27-36)17-5-1-3-7-19-46-38-13-9-32(10-14-38)40(41-34-22-30-21-31(24-34)25-35(41)23-30)33-11-15-39(16-12-33)47-20-8-4-2-6-18-43-28-37(45)29-43/h9-16,30-31,34-37,44-45H,1-8,17-29H2. The topological polar surface area (TPSA) is 65.4 Å². The molecule has 4 aliphatic carbocycles. The SMILES string of the molecule is OC1CN(CCCCCCOc2ccc(C(=C3C4CC5CC(C4)CC3C5)c3ccc(OCCCCCCN4CC(O)C4)cc3)cc2)C1. The fraction of sp³-hybridized carbons (Fsp3) is 0.659. The van der Waals surface area contributed by atoms with Gasteiger partial charge in [0, 0.05) is 26.2 Å². The monoisotopic (exact) mass is 642 g/mol. The highest BCUT2D eigenvalue weighted by Gasteiger charge is 2.46. The molecule has 0 aromatic heterocycles. The Balaban J connectivity index is 0.928. The van der Waals surface area contributed by atoms with E-state index >= 15 is 0 Å². The van der Waals surface area contributed by atoms with E-state index < -0.39 is 0 Å². The first-order valence-corrected chi connectivity index (χ1v) is 19.1. The van der Waals surface area contributed by atoms with Gasteiger partial charge >= 0.3 is 0 Å². The van der Waals surface area contributed by atoms with E-state index in [4.69, 9.17) is 9.47 Å². The van der Waals surface area contributed by atoms with Gasteiger partial charge in [0.2, 0.25) is 0 Å². The van der Waals surface area contributed by atoms with Crippen molar-refractivity contribution < 1.29 is 19.7 Å². The molecule has 0 atom stereocenters. The summed E-state index contributed by atoms with van der Waals surface area (Å²) < 4.78 is 12.4. The second-order valence-corrected chi connectivity index (χ2v) is 15.5. The van der Waals surface area contributed by atoms with E-state index in [-0.39, 0.29) is 12.2 Å². The Morgan fingerprint density at radius 2 is 0.936 bits per heavy atom. The van der Waals surface area contributed by atoms with Gasteiger partial charge in [-0.3, -0.25) is 9.80 Å². The lowest BCUT2D eigenvalue weighted by atomic mass is 9.53. The third-order valence-corrected chi connectivity index (χ3v) is 11.7. The van der Waals surface area contributed by atoms with Crippen LogP contribution in [0.4, 0.5) is 0 Å². The Morgan fingerprint density at radius 1 is 0.532 bits per heavy atom. The van der Waals surface area contributed by atoms with Crippen LogP contribution in [-0.4, -0.2) is 84.7 Å². The zero-order valence-electron chi connectivity index (χ0n) is 28.5. The number of ether oxygens (including phenoxy) is 2. The Kier molecular flexibility index (Phi) is 11.2. The molecule has 256 valence electrons. The summed E-state index contributed by atoms with van der Waals surface area (Å²) in [4.78, 5) is 4.68. The van der Waals surface area contributed by atoms with Crippen molar-refractivity contribution in [2.24, 2.45) is 23.7 Å². The van der Waals surface area contributed by atoms with E-state index in [1.54, 1.807) is 5.57 Å². The summed E-state index contributed by atoms with van der Waals surface area (Å²) in [5.74, 6) is 5.32. The second-order valence-electron chi connectivity index (χ2n) is 15.5. The fourth-order valence-corrected chi connectivity index (χ4v) is 9.45. The molecule has 2 aromatic carbocycles. The van der Waals surface area contributed by atoms with Gasteiger partial charge in [0.1, 0.15) is 11.5 Å². The van der Waals surface area contributed by atoms with Crippen molar-refractivity contribution in [1.82, 2.24) is 9.80 Å². The molecule has 2 heterocycles. The number of β-amino-alcohol motifs (C(OH)–C–C–N with tert-alkyl or cyclic N) is 2. The Morgan fingerprint density at radius 3 is 1.34 bits per heavy atom. The van der Waals surface area contributed by atoms with Gasteiger partial charge in [-0.2, -0.15) is 0 Å². The zero-order valence-corrected chi connectivity index (χ0v) is 28.5. The summed E-state index contributed by atoms with van der Waals surface area (Å²) in [7, 11) is 0. The third-order valence-electron chi connectivity index (χ3n) is 11.7. The molecule has 47 heavy (non-hydrogen) atoms. The number of hydrogen-bond donors (Lipinski definition) is 2. The molecule has 6 fully saturated rings. The highest BCUT2D eigenvalue weighted by molar-refractivity contribution is 5.83. The highest BCUT2D eigenvalue weighted by atomic mass is 16.5. The van der Waals surface area contributed by atoms with Crippen LogP contribution in [0.3, 0.4) is 0 Å². The lowest BCUT2D eigenvalue weighted by Crippen LogP contribution is -2.50. The molecule has 4 saturated carbocycles. The molecule has 2 saturated heterocycles. The summed E-state index contributed by atoms with van der Waals surface area (Å²) >= 11 is 0. The number of nitrogens with zero attached hydrogens (tertiary/aromatic N) is 2. The van der Waals surface area contributed by atoms with Crippen molar-refractivity contribution in [1.29, 1.82) is 0 Å². The largest absolute Gasteiger partial charge is 0.494 e. The van der Waals surface area contributed by atoms with E-state index in [1.165, 1.54) is 87.3 Å². The zero-order chi connectivity index (χ0) is 32.0. The van der Waals surface area contributed by atoms with Crippen LogP contribution in [0.25, 0.3) is 5.57 Å². The van der Waals surface area contributed by atoms with E-state index in [2.05, 4.69) is 58.3 Å². The first-order chi connectivity index (χ1) is 23.1. The van der Waals surface area contributed by atoms with Gasteiger partial charge in [-0.05, 0) is 136 Å². The summed E-state index contributed by atoms with van der Waals surface area (Å²) in [6.45, 7) is 7.19. The molecule has 6 aliphatic rings. The fourth-order valence-electron chi connectivity index (χ4n) is 9.45. The first kappa shape index (κ1) is 33.1. The minimum atomic E-state index is -0.0938. The summed E-state index contributed by atoms with van der Waals surface area (Å²) in [5, 5.41) is 18.9. The number of unbranched alkanes of at least 4 members (excludes halogenated alkanes) is 6. The number of likely N-dealkylation sites (tertiary alicyclic amines) is 2. The molecule has 0 unspecified atom stereocenters. The van der Waals surface area contributed by atoms with Gasteiger partial charge in [0.25, 0.3) is 0 Å². The minimum absolute atomic E-state index is 0.0938. The molecule has 6 nitrogen and oxygen atoms in total. The van der Waals surface area contributed by atoms with Crippen LogP contribution in [-0.2, 0) is 0 Å². The van der Waals surface area contributed by atoms with E-state index in [0.29, 0.717) is 0 Å². The molecule has 4 bridgehead atoms. The van der Waals surface area contributed by atoms with E-state index in [0.717, 1.165) is 100 Å². The molecule has 8 rings (SSSR count). The van der Waals surface area contributed by atoms with Crippen molar-refractivity contribution in [3.63, 3.8) is 0 Å². The smallest absolute Gasteiger partial charge is 0.119 e. The molecular formula is C41H58N2O4. The molecule has 0 radical (unpaired) electrons. The van der Waals surface area contributed by atoms with Crippen LogP contribution >= 0.6 is 0 Å². The maximum absolute atomic E-state index is 9.43. The first-order valence-electron chi connectivity index (χ1n) is 19.1. The number of hydrogen-bond acceptors (Lipinski definition) is 6. The third kappa shape index (κ3) is 8.62. The highest BCUT2D eigenvalue weighted by Crippen LogP contribution is 2.58.